The molecular weight excluding hydrogens is 363 g/mol. The van der Waals surface area contributed by atoms with Crippen LogP contribution in [0.4, 0.5) is 18.3 Å². The number of alkyl halides is 3. The van der Waals surface area contributed by atoms with Crippen molar-refractivity contribution in [2.75, 3.05) is 17.7 Å². The molecule has 0 radical (unpaired) electrons. The Balaban J connectivity index is 1.88. The number of nitrogens with one attached hydrogen (secondary N) is 1. The third kappa shape index (κ3) is 6.10. The maximum Gasteiger partial charge on any atom is 0.411 e. The normalized spacial score (nSPS) is 11.5. The number of nitrogens with zero attached hydrogens (tertiary/aromatic N) is 2. The standard InChI is InChI=1S/C14H14F3N3O2S2/c1-2-23-13-20-19-12(24-13)18-11(21)10-5-3-9(4-6-10)7-22-8-14(15,16)17/h3-6H,2,7-8H2,1H3,(H,18,19,21). The monoisotopic (exact) mass is 377 g/mol. The first-order chi connectivity index (χ1) is 11.4. The van der Waals surface area contributed by atoms with Crippen LogP contribution in [0.15, 0.2) is 28.6 Å². The van der Waals surface area contributed by atoms with Gasteiger partial charge in [0.25, 0.3) is 5.91 Å². The van der Waals surface area contributed by atoms with Crippen molar-refractivity contribution in [3.8, 4) is 0 Å². The van der Waals surface area contributed by atoms with E-state index in [2.05, 4.69) is 20.3 Å². The van der Waals surface area contributed by atoms with Crippen molar-refractivity contribution >= 4 is 34.1 Å². The van der Waals surface area contributed by atoms with E-state index in [-0.39, 0.29) is 12.5 Å². The number of aromatic nitrogens is 2. The number of thioether (sulfide) groups is 1. The van der Waals surface area contributed by atoms with Crippen molar-refractivity contribution in [3.63, 3.8) is 0 Å². The zero-order valence-corrected chi connectivity index (χ0v) is 14.2. The van der Waals surface area contributed by atoms with Crippen LogP contribution in [-0.4, -0.2) is 34.6 Å². The molecule has 0 aliphatic heterocycles. The zero-order chi connectivity index (χ0) is 17.6. The minimum Gasteiger partial charge on any atom is -0.367 e. The van der Waals surface area contributed by atoms with Crippen molar-refractivity contribution in [3.05, 3.63) is 35.4 Å². The third-order valence-electron chi connectivity index (χ3n) is 2.65. The van der Waals surface area contributed by atoms with Crippen molar-refractivity contribution in [2.45, 2.75) is 24.0 Å². The first-order valence-electron chi connectivity index (χ1n) is 6.88. The van der Waals surface area contributed by atoms with Gasteiger partial charge in [-0.15, -0.1) is 10.2 Å². The number of rotatable bonds is 7. The van der Waals surface area contributed by atoms with Gasteiger partial charge in [-0.2, -0.15) is 13.2 Å². The summed E-state index contributed by atoms with van der Waals surface area (Å²) in [5.74, 6) is 0.502. The molecule has 0 aliphatic carbocycles. The summed E-state index contributed by atoms with van der Waals surface area (Å²) in [5.41, 5.74) is 0.919. The fourth-order valence-corrected chi connectivity index (χ4v) is 3.29. The molecule has 0 aliphatic rings. The van der Waals surface area contributed by atoms with Crippen molar-refractivity contribution in [1.82, 2.24) is 10.2 Å². The second-order valence-corrected chi connectivity index (χ2v) is 7.05. The van der Waals surface area contributed by atoms with E-state index in [1.807, 2.05) is 6.92 Å². The summed E-state index contributed by atoms with van der Waals surface area (Å²) in [4.78, 5) is 12.1. The Kier molecular flexibility index (Phi) is 6.58. The quantitative estimate of drug-likeness (QED) is 0.584. The predicted octanol–water partition coefficient (Wildman–Crippen LogP) is 3.98. The molecule has 2 rings (SSSR count). The molecule has 2 aromatic rings. The van der Waals surface area contributed by atoms with Crippen LogP contribution in [-0.2, 0) is 11.3 Å². The lowest BCUT2D eigenvalue weighted by atomic mass is 10.1. The highest BCUT2D eigenvalue weighted by Gasteiger charge is 2.27. The summed E-state index contributed by atoms with van der Waals surface area (Å²) >= 11 is 2.81. The van der Waals surface area contributed by atoms with Crippen LogP contribution in [0.3, 0.4) is 0 Å². The number of ether oxygens (including phenoxy) is 1. The summed E-state index contributed by atoms with van der Waals surface area (Å²) in [6, 6.07) is 6.13. The maximum absolute atomic E-state index is 12.1. The van der Waals surface area contributed by atoms with Gasteiger partial charge in [0.2, 0.25) is 5.13 Å². The Bertz CT molecular complexity index is 675. The summed E-state index contributed by atoms with van der Waals surface area (Å²) in [6.45, 7) is 0.518. The Morgan fingerprint density at radius 2 is 2.00 bits per heavy atom. The third-order valence-corrected chi connectivity index (χ3v) is 4.50. The molecule has 5 nitrogen and oxygen atoms in total. The number of hydrogen-bond donors (Lipinski definition) is 1. The molecule has 1 aromatic carbocycles. The molecule has 0 bridgehead atoms. The van der Waals surface area contributed by atoms with E-state index in [0.717, 1.165) is 10.1 Å². The maximum atomic E-state index is 12.1. The minimum absolute atomic E-state index is 0.171. The Hall–Kier alpha value is -1.65. The minimum atomic E-state index is -4.35. The molecule has 0 atom stereocenters. The second-order valence-electron chi connectivity index (χ2n) is 4.57. The topological polar surface area (TPSA) is 64.1 Å². The molecule has 0 fully saturated rings. The first kappa shape index (κ1) is 18.7. The van der Waals surface area contributed by atoms with Gasteiger partial charge in [0.15, 0.2) is 4.34 Å². The highest BCUT2D eigenvalue weighted by Crippen LogP contribution is 2.25. The van der Waals surface area contributed by atoms with Gasteiger partial charge in [0.1, 0.15) is 6.61 Å². The lowest BCUT2D eigenvalue weighted by Crippen LogP contribution is -2.16. The van der Waals surface area contributed by atoms with E-state index in [1.165, 1.54) is 35.2 Å². The van der Waals surface area contributed by atoms with Crippen LogP contribution < -0.4 is 5.32 Å². The number of halogens is 3. The number of amides is 1. The Morgan fingerprint density at radius 3 is 2.62 bits per heavy atom. The number of benzene rings is 1. The van der Waals surface area contributed by atoms with E-state index in [9.17, 15) is 18.0 Å². The van der Waals surface area contributed by atoms with Crippen LogP contribution in [0.5, 0.6) is 0 Å². The molecule has 1 aromatic heterocycles. The molecule has 0 saturated carbocycles. The molecule has 1 N–H and O–H groups in total. The fraction of sp³-hybridized carbons (Fsp3) is 0.357. The second kappa shape index (κ2) is 8.45. The van der Waals surface area contributed by atoms with Gasteiger partial charge in [0.05, 0.1) is 6.61 Å². The SMILES string of the molecule is CCSc1nnc(NC(=O)c2ccc(COCC(F)(F)F)cc2)s1. The average Bonchev–Trinajstić information content (AvgIpc) is 2.94. The van der Waals surface area contributed by atoms with E-state index in [4.69, 9.17) is 0 Å². The molecule has 1 amide bonds. The number of anilines is 1. The fourth-order valence-electron chi connectivity index (χ4n) is 1.65. The Morgan fingerprint density at radius 1 is 1.29 bits per heavy atom. The molecule has 10 heteroatoms. The van der Waals surface area contributed by atoms with Crippen LogP contribution in [0, 0.1) is 0 Å². The van der Waals surface area contributed by atoms with Gasteiger partial charge in [-0.05, 0) is 23.4 Å². The zero-order valence-electron chi connectivity index (χ0n) is 12.6. The molecule has 0 saturated heterocycles. The smallest absolute Gasteiger partial charge is 0.367 e. The van der Waals surface area contributed by atoms with E-state index in [1.54, 1.807) is 12.1 Å². The van der Waals surface area contributed by atoms with E-state index < -0.39 is 12.8 Å². The van der Waals surface area contributed by atoms with Gasteiger partial charge >= 0.3 is 6.18 Å². The lowest BCUT2D eigenvalue weighted by Gasteiger charge is -2.08. The van der Waals surface area contributed by atoms with E-state index in [0.29, 0.717) is 16.3 Å². The van der Waals surface area contributed by atoms with Crippen molar-refractivity contribution in [2.24, 2.45) is 0 Å². The van der Waals surface area contributed by atoms with Gasteiger partial charge in [-0.3, -0.25) is 10.1 Å². The summed E-state index contributed by atoms with van der Waals surface area (Å²) in [6.07, 6.45) is -4.35. The lowest BCUT2D eigenvalue weighted by molar-refractivity contribution is -0.176. The van der Waals surface area contributed by atoms with Crippen LogP contribution >= 0.6 is 23.1 Å². The van der Waals surface area contributed by atoms with Gasteiger partial charge < -0.3 is 4.74 Å². The highest BCUT2D eigenvalue weighted by atomic mass is 32.2. The molecule has 24 heavy (non-hydrogen) atoms. The van der Waals surface area contributed by atoms with Gasteiger partial charge in [0, 0.05) is 5.56 Å². The van der Waals surface area contributed by atoms with Crippen LogP contribution in [0.25, 0.3) is 0 Å². The van der Waals surface area contributed by atoms with Crippen LogP contribution in [0.2, 0.25) is 0 Å². The van der Waals surface area contributed by atoms with Gasteiger partial charge in [-0.25, -0.2) is 0 Å². The average molecular weight is 377 g/mol. The van der Waals surface area contributed by atoms with E-state index >= 15 is 0 Å². The largest absolute Gasteiger partial charge is 0.411 e. The molecule has 0 spiro atoms. The highest BCUT2D eigenvalue weighted by molar-refractivity contribution is 8.01. The summed E-state index contributed by atoms with van der Waals surface area (Å²) in [7, 11) is 0. The number of hydrogen-bond acceptors (Lipinski definition) is 6. The summed E-state index contributed by atoms with van der Waals surface area (Å²) in [5, 5.41) is 10.8. The predicted molar refractivity (Wildman–Crippen MR) is 86.4 cm³/mol. The molecule has 1 heterocycles. The van der Waals surface area contributed by atoms with Crippen molar-refractivity contribution in [1.29, 1.82) is 0 Å². The number of carbonyl (C=O) groups is 1. The number of carbonyl (C=O) groups excluding carboxylic acids is 1. The van der Waals surface area contributed by atoms with Crippen LogP contribution in [0.1, 0.15) is 22.8 Å². The molecular formula is C14H14F3N3O2S2. The van der Waals surface area contributed by atoms with Gasteiger partial charge in [-0.1, -0.05) is 42.2 Å². The summed E-state index contributed by atoms with van der Waals surface area (Å²) < 4.78 is 41.3. The molecule has 130 valence electrons. The molecule has 0 unspecified atom stereocenters. The van der Waals surface area contributed by atoms with Crippen molar-refractivity contribution < 1.29 is 22.7 Å². The Labute approximate surface area is 144 Å². The first-order valence-corrected chi connectivity index (χ1v) is 8.68.